The highest BCUT2D eigenvalue weighted by Gasteiger charge is 2.04. The Morgan fingerprint density at radius 1 is 1.12 bits per heavy atom. The SMILES string of the molecule is Nc1cccc(F)c1NCc1ccc(Br)cc1. The van der Waals surface area contributed by atoms with Crippen LogP contribution in [0.1, 0.15) is 5.56 Å². The average molecular weight is 295 g/mol. The molecule has 2 aromatic rings. The summed E-state index contributed by atoms with van der Waals surface area (Å²) < 4.78 is 14.5. The highest BCUT2D eigenvalue weighted by molar-refractivity contribution is 9.10. The Morgan fingerprint density at radius 3 is 2.47 bits per heavy atom. The van der Waals surface area contributed by atoms with E-state index in [1.165, 1.54) is 6.07 Å². The van der Waals surface area contributed by atoms with E-state index in [1.54, 1.807) is 12.1 Å². The molecule has 0 aliphatic rings. The van der Waals surface area contributed by atoms with Crippen LogP contribution in [-0.2, 0) is 6.54 Å². The van der Waals surface area contributed by atoms with Crippen molar-refractivity contribution in [1.82, 2.24) is 0 Å². The van der Waals surface area contributed by atoms with E-state index in [2.05, 4.69) is 21.2 Å². The predicted molar refractivity (Wildman–Crippen MR) is 72.3 cm³/mol. The molecule has 0 aliphatic carbocycles. The molecule has 0 aromatic heterocycles. The maximum absolute atomic E-state index is 13.5. The van der Waals surface area contributed by atoms with Crippen LogP contribution >= 0.6 is 15.9 Å². The second kappa shape index (κ2) is 5.19. The Bertz CT molecular complexity index is 491. The van der Waals surface area contributed by atoms with Gasteiger partial charge in [0.2, 0.25) is 0 Å². The zero-order valence-electron chi connectivity index (χ0n) is 9.08. The summed E-state index contributed by atoms with van der Waals surface area (Å²) in [4.78, 5) is 0. The number of para-hydroxylation sites is 1. The molecule has 0 unspecified atom stereocenters. The maximum atomic E-state index is 13.5. The molecular weight excluding hydrogens is 283 g/mol. The van der Waals surface area contributed by atoms with Crippen molar-refractivity contribution in [3.05, 3.63) is 58.3 Å². The predicted octanol–water partition coefficient (Wildman–Crippen LogP) is 3.78. The van der Waals surface area contributed by atoms with Gasteiger partial charge in [0, 0.05) is 11.0 Å². The monoisotopic (exact) mass is 294 g/mol. The lowest BCUT2D eigenvalue weighted by atomic mass is 10.2. The summed E-state index contributed by atoms with van der Waals surface area (Å²) in [7, 11) is 0. The lowest BCUT2D eigenvalue weighted by molar-refractivity contribution is 0.631. The van der Waals surface area contributed by atoms with Gasteiger partial charge in [0.1, 0.15) is 5.82 Å². The van der Waals surface area contributed by atoms with E-state index in [4.69, 9.17) is 5.73 Å². The van der Waals surface area contributed by atoms with Crippen LogP contribution < -0.4 is 11.1 Å². The van der Waals surface area contributed by atoms with Gasteiger partial charge in [0.05, 0.1) is 11.4 Å². The van der Waals surface area contributed by atoms with Gasteiger partial charge in [-0.2, -0.15) is 0 Å². The third-order valence-electron chi connectivity index (χ3n) is 2.43. The van der Waals surface area contributed by atoms with E-state index < -0.39 is 0 Å². The van der Waals surface area contributed by atoms with Crippen LogP contribution in [0.2, 0.25) is 0 Å². The maximum Gasteiger partial charge on any atom is 0.148 e. The van der Waals surface area contributed by atoms with E-state index in [0.717, 1.165) is 10.0 Å². The molecule has 3 N–H and O–H groups in total. The summed E-state index contributed by atoms with van der Waals surface area (Å²) in [6.07, 6.45) is 0. The normalized spacial score (nSPS) is 10.2. The largest absolute Gasteiger partial charge is 0.397 e. The molecular formula is C13H12BrFN2. The average Bonchev–Trinajstić information content (AvgIpc) is 2.31. The fourth-order valence-electron chi connectivity index (χ4n) is 1.52. The van der Waals surface area contributed by atoms with Gasteiger partial charge in [-0.15, -0.1) is 0 Å². The van der Waals surface area contributed by atoms with Crippen LogP contribution in [0.25, 0.3) is 0 Å². The molecule has 0 saturated carbocycles. The number of rotatable bonds is 3. The summed E-state index contributed by atoms with van der Waals surface area (Å²) in [6.45, 7) is 0.540. The van der Waals surface area contributed by atoms with Gasteiger partial charge in [0.25, 0.3) is 0 Å². The fourth-order valence-corrected chi connectivity index (χ4v) is 1.78. The molecule has 0 aliphatic heterocycles. The van der Waals surface area contributed by atoms with E-state index in [1.807, 2.05) is 24.3 Å². The standard InChI is InChI=1S/C13H12BrFN2/c14-10-6-4-9(5-7-10)8-17-13-11(15)2-1-3-12(13)16/h1-7,17H,8,16H2. The zero-order chi connectivity index (χ0) is 12.3. The van der Waals surface area contributed by atoms with Crippen molar-refractivity contribution in [2.45, 2.75) is 6.54 Å². The number of nitrogen functional groups attached to an aromatic ring is 1. The van der Waals surface area contributed by atoms with Crippen LogP contribution in [0.5, 0.6) is 0 Å². The number of hydrogen-bond acceptors (Lipinski definition) is 2. The van der Waals surface area contributed by atoms with Crippen molar-refractivity contribution < 1.29 is 4.39 Å². The number of halogens is 2. The lowest BCUT2D eigenvalue weighted by Gasteiger charge is -2.10. The van der Waals surface area contributed by atoms with Crippen LogP contribution in [0.4, 0.5) is 15.8 Å². The van der Waals surface area contributed by atoms with Crippen molar-refractivity contribution >= 4 is 27.3 Å². The summed E-state index contributed by atoms with van der Waals surface area (Å²) in [5, 5.41) is 3.00. The Kier molecular flexibility index (Phi) is 3.64. The zero-order valence-corrected chi connectivity index (χ0v) is 10.7. The first-order valence-electron chi connectivity index (χ1n) is 5.19. The van der Waals surface area contributed by atoms with Gasteiger partial charge in [-0.05, 0) is 29.8 Å². The van der Waals surface area contributed by atoms with Crippen molar-refractivity contribution in [3.8, 4) is 0 Å². The molecule has 0 amide bonds. The molecule has 2 aromatic carbocycles. The number of anilines is 2. The molecule has 0 radical (unpaired) electrons. The molecule has 17 heavy (non-hydrogen) atoms. The van der Waals surface area contributed by atoms with Crippen molar-refractivity contribution in [2.24, 2.45) is 0 Å². The number of nitrogens with two attached hydrogens (primary N) is 1. The molecule has 0 atom stereocenters. The van der Waals surface area contributed by atoms with Gasteiger partial charge in [0.15, 0.2) is 0 Å². The minimum Gasteiger partial charge on any atom is -0.397 e. The van der Waals surface area contributed by atoms with E-state index >= 15 is 0 Å². The minimum absolute atomic E-state index is 0.331. The van der Waals surface area contributed by atoms with E-state index in [0.29, 0.717) is 17.9 Å². The first-order valence-corrected chi connectivity index (χ1v) is 5.98. The minimum atomic E-state index is -0.331. The molecule has 0 saturated heterocycles. The fraction of sp³-hybridized carbons (Fsp3) is 0.0769. The highest BCUT2D eigenvalue weighted by atomic mass is 79.9. The lowest BCUT2D eigenvalue weighted by Crippen LogP contribution is -2.04. The number of hydrogen-bond donors (Lipinski definition) is 2. The van der Waals surface area contributed by atoms with E-state index in [-0.39, 0.29) is 5.82 Å². The Morgan fingerprint density at radius 2 is 1.82 bits per heavy atom. The van der Waals surface area contributed by atoms with Crippen LogP contribution in [0.3, 0.4) is 0 Å². The van der Waals surface area contributed by atoms with Gasteiger partial charge >= 0.3 is 0 Å². The first-order chi connectivity index (χ1) is 8.16. The smallest absolute Gasteiger partial charge is 0.148 e. The van der Waals surface area contributed by atoms with Gasteiger partial charge in [-0.1, -0.05) is 34.1 Å². The van der Waals surface area contributed by atoms with Gasteiger partial charge in [-0.25, -0.2) is 4.39 Å². The molecule has 2 rings (SSSR count). The van der Waals surface area contributed by atoms with Crippen LogP contribution in [0, 0.1) is 5.82 Å². The van der Waals surface area contributed by atoms with Gasteiger partial charge in [-0.3, -0.25) is 0 Å². The van der Waals surface area contributed by atoms with Crippen molar-refractivity contribution in [3.63, 3.8) is 0 Å². The topological polar surface area (TPSA) is 38.0 Å². The van der Waals surface area contributed by atoms with Gasteiger partial charge < -0.3 is 11.1 Å². The molecule has 0 bridgehead atoms. The molecule has 0 fully saturated rings. The summed E-state index contributed by atoms with van der Waals surface area (Å²) in [5.41, 5.74) is 7.54. The van der Waals surface area contributed by atoms with Crippen molar-refractivity contribution in [2.75, 3.05) is 11.1 Å². The highest BCUT2D eigenvalue weighted by Crippen LogP contribution is 2.22. The Labute approximate surface area is 108 Å². The third kappa shape index (κ3) is 2.97. The first kappa shape index (κ1) is 11.9. The number of nitrogens with one attached hydrogen (secondary N) is 1. The Hall–Kier alpha value is -1.55. The molecule has 0 spiro atoms. The van der Waals surface area contributed by atoms with E-state index in [9.17, 15) is 4.39 Å². The molecule has 0 heterocycles. The molecule has 88 valence electrons. The second-order valence-corrected chi connectivity index (χ2v) is 4.60. The number of benzene rings is 2. The van der Waals surface area contributed by atoms with Crippen molar-refractivity contribution in [1.29, 1.82) is 0 Å². The summed E-state index contributed by atoms with van der Waals surface area (Å²) in [5.74, 6) is -0.331. The van der Waals surface area contributed by atoms with Crippen LogP contribution in [-0.4, -0.2) is 0 Å². The van der Waals surface area contributed by atoms with Crippen LogP contribution in [0.15, 0.2) is 46.9 Å². The quantitative estimate of drug-likeness (QED) is 0.846. The second-order valence-electron chi connectivity index (χ2n) is 3.68. The Balaban J connectivity index is 2.10. The third-order valence-corrected chi connectivity index (χ3v) is 2.96. The molecule has 2 nitrogen and oxygen atoms in total. The molecule has 4 heteroatoms. The summed E-state index contributed by atoms with van der Waals surface area (Å²) in [6, 6.07) is 12.5. The summed E-state index contributed by atoms with van der Waals surface area (Å²) >= 11 is 3.36.